The summed E-state index contributed by atoms with van der Waals surface area (Å²) in [5.74, 6) is 0. The molecule has 1 saturated heterocycles. The molecular formula is C12H22O. The number of unbranched alkanes of at least 4 members (excludes halogenated alkanes) is 3. The van der Waals surface area contributed by atoms with Crippen molar-refractivity contribution >= 4 is 0 Å². The van der Waals surface area contributed by atoms with E-state index in [4.69, 9.17) is 4.74 Å². The first-order chi connectivity index (χ1) is 6.38. The molecule has 0 bridgehead atoms. The van der Waals surface area contributed by atoms with E-state index < -0.39 is 0 Å². The highest BCUT2D eigenvalue weighted by Gasteiger charge is 2.34. The van der Waals surface area contributed by atoms with Crippen LogP contribution in [0.4, 0.5) is 0 Å². The molecule has 0 aromatic rings. The molecule has 0 unspecified atom stereocenters. The van der Waals surface area contributed by atoms with E-state index in [1.165, 1.54) is 38.5 Å². The van der Waals surface area contributed by atoms with Crippen LogP contribution in [-0.4, -0.2) is 12.2 Å². The lowest BCUT2D eigenvalue weighted by molar-refractivity contribution is 0.378. The molecule has 0 spiro atoms. The monoisotopic (exact) mass is 182 g/mol. The Balaban J connectivity index is 1.94. The van der Waals surface area contributed by atoms with Gasteiger partial charge in [-0.2, -0.15) is 0 Å². The second-order valence-corrected chi connectivity index (χ2v) is 3.85. The summed E-state index contributed by atoms with van der Waals surface area (Å²) in [6.07, 6.45) is 13.2. The van der Waals surface area contributed by atoms with Gasteiger partial charge >= 0.3 is 0 Å². The Morgan fingerprint density at radius 3 is 2.69 bits per heavy atom. The van der Waals surface area contributed by atoms with Gasteiger partial charge in [0.2, 0.25) is 0 Å². The van der Waals surface area contributed by atoms with Crippen LogP contribution in [0.2, 0.25) is 0 Å². The molecule has 0 saturated carbocycles. The molecule has 1 rings (SSSR count). The van der Waals surface area contributed by atoms with E-state index in [-0.39, 0.29) is 0 Å². The fourth-order valence-electron chi connectivity index (χ4n) is 1.59. The molecule has 1 heteroatoms. The van der Waals surface area contributed by atoms with Crippen molar-refractivity contribution in [1.82, 2.24) is 0 Å². The molecule has 1 fully saturated rings. The zero-order valence-electron chi connectivity index (χ0n) is 8.96. The summed E-state index contributed by atoms with van der Waals surface area (Å²) in [4.78, 5) is 0. The van der Waals surface area contributed by atoms with E-state index in [9.17, 15) is 0 Å². The Kier molecular flexibility index (Phi) is 5.14. The van der Waals surface area contributed by atoms with Gasteiger partial charge in [0.1, 0.15) is 6.10 Å². The molecule has 1 heterocycles. The van der Waals surface area contributed by atoms with E-state index in [1.807, 2.05) is 0 Å². The zero-order chi connectivity index (χ0) is 9.52. The molecule has 1 nitrogen and oxygen atoms in total. The fraction of sp³-hybridized carbons (Fsp3) is 0.833. The van der Waals surface area contributed by atoms with Crippen LogP contribution in [0.1, 0.15) is 52.4 Å². The van der Waals surface area contributed by atoms with Crippen molar-refractivity contribution < 1.29 is 4.74 Å². The average Bonchev–Trinajstić information content (AvgIpc) is 2.84. The summed E-state index contributed by atoms with van der Waals surface area (Å²) in [5.41, 5.74) is 0. The van der Waals surface area contributed by atoms with E-state index in [2.05, 4.69) is 26.0 Å². The van der Waals surface area contributed by atoms with Crippen molar-refractivity contribution in [1.29, 1.82) is 0 Å². The molecule has 1 aliphatic heterocycles. The van der Waals surface area contributed by atoms with Crippen molar-refractivity contribution in [3.8, 4) is 0 Å². The van der Waals surface area contributed by atoms with E-state index in [1.54, 1.807) is 0 Å². The predicted molar refractivity (Wildman–Crippen MR) is 56.9 cm³/mol. The molecule has 0 aliphatic carbocycles. The van der Waals surface area contributed by atoms with Crippen molar-refractivity contribution in [2.24, 2.45) is 0 Å². The smallest absolute Gasteiger partial charge is 0.102 e. The van der Waals surface area contributed by atoms with Crippen molar-refractivity contribution in [3.63, 3.8) is 0 Å². The molecule has 2 atom stereocenters. The molecular weight excluding hydrogens is 160 g/mol. The summed E-state index contributed by atoms with van der Waals surface area (Å²) in [7, 11) is 0. The predicted octanol–water partition coefficient (Wildman–Crippen LogP) is 3.69. The van der Waals surface area contributed by atoms with Crippen LogP contribution in [0.15, 0.2) is 12.2 Å². The van der Waals surface area contributed by atoms with Crippen LogP contribution < -0.4 is 0 Å². The number of hydrogen-bond donors (Lipinski definition) is 0. The van der Waals surface area contributed by atoms with E-state index in [0.717, 1.165) is 0 Å². The maximum absolute atomic E-state index is 5.48. The highest BCUT2D eigenvalue weighted by atomic mass is 16.6. The summed E-state index contributed by atoms with van der Waals surface area (Å²) >= 11 is 0. The zero-order valence-corrected chi connectivity index (χ0v) is 8.96. The average molecular weight is 182 g/mol. The largest absolute Gasteiger partial charge is 0.365 e. The number of allylic oxidation sites excluding steroid dienone is 1. The minimum absolute atomic E-state index is 0.460. The lowest BCUT2D eigenvalue weighted by Crippen LogP contribution is -1.88. The van der Waals surface area contributed by atoms with Gasteiger partial charge < -0.3 is 4.74 Å². The fourth-order valence-corrected chi connectivity index (χ4v) is 1.59. The number of ether oxygens (including phenoxy) is 1. The lowest BCUT2D eigenvalue weighted by Gasteiger charge is -1.90. The molecule has 76 valence electrons. The highest BCUT2D eigenvalue weighted by molar-refractivity contribution is 5.02. The van der Waals surface area contributed by atoms with Gasteiger partial charge in [-0.25, -0.2) is 0 Å². The first-order valence-corrected chi connectivity index (χ1v) is 5.70. The van der Waals surface area contributed by atoms with Gasteiger partial charge in [0.05, 0.1) is 6.10 Å². The molecule has 0 N–H and O–H groups in total. The Morgan fingerprint density at radius 2 is 2.00 bits per heavy atom. The van der Waals surface area contributed by atoms with E-state index >= 15 is 0 Å². The third kappa shape index (κ3) is 4.47. The topological polar surface area (TPSA) is 12.5 Å². The van der Waals surface area contributed by atoms with Crippen LogP contribution in [0, 0.1) is 0 Å². The van der Waals surface area contributed by atoms with Crippen LogP contribution >= 0.6 is 0 Å². The molecule has 13 heavy (non-hydrogen) atoms. The summed E-state index contributed by atoms with van der Waals surface area (Å²) < 4.78 is 5.48. The van der Waals surface area contributed by atoms with E-state index in [0.29, 0.717) is 12.2 Å². The Labute approximate surface area is 82.2 Å². The van der Waals surface area contributed by atoms with Crippen molar-refractivity contribution in [2.75, 3.05) is 0 Å². The maximum Gasteiger partial charge on any atom is 0.102 e. The van der Waals surface area contributed by atoms with Crippen molar-refractivity contribution in [2.45, 2.75) is 64.6 Å². The normalized spacial score (nSPS) is 26.9. The minimum atomic E-state index is 0.460. The third-order valence-electron chi connectivity index (χ3n) is 2.50. The lowest BCUT2D eigenvalue weighted by atomic mass is 10.1. The van der Waals surface area contributed by atoms with Gasteiger partial charge in [-0.05, 0) is 19.3 Å². The molecule has 0 radical (unpaired) electrons. The summed E-state index contributed by atoms with van der Waals surface area (Å²) in [6.45, 7) is 4.45. The SMILES string of the molecule is CCCCC/C=C/[C@@H]1O[C@H]1CCC. The van der Waals surface area contributed by atoms with Gasteiger partial charge in [-0.15, -0.1) is 0 Å². The van der Waals surface area contributed by atoms with Crippen molar-refractivity contribution in [3.05, 3.63) is 12.2 Å². The maximum atomic E-state index is 5.48. The van der Waals surface area contributed by atoms with Gasteiger partial charge in [0.15, 0.2) is 0 Å². The summed E-state index contributed by atoms with van der Waals surface area (Å²) in [5, 5.41) is 0. The van der Waals surface area contributed by atoms with Gasteiger partial charge in [-0.3, -0.25) is 0 Å². The quantitative estimate of drug-likeness (QED) is 0.332. The van der Waals surface area contributed by atoms with Gasteiger partial charge in [-0.1, -0.05) is 45.3 Å². The standard InChI is InChI=1S/C12H22O/c1-3-5-6-7-8-10-12-11(13-12)9-4-2/h8,10-12H,3-7,9H2,1-2H3/b10-8+/t11-,12-/m0/s1. The molecule has 0 amide bonds. The Morgan fingerprint density at radius 1 is 1.15 bits per heavy atom. The second-order valence-electron chi connectivity index (χ2n) is 3.85. The molecule has 0 aromatic carbocycles. The third-order valence-corrected chi connectivity index (χ3v) is 2.50. The van der Waals surface area contributed by atoms with Crippen LogP contribution in [0.5, 0.6) is 0 Å². The second kappa shape index (κ2) is 6.20. The Hall–Kier alpha value is -0.300. The van der Waals surface area contributed by atoms with Gasteiger partial charge in [0, 0.05) is 0 Å². The van der Waals surface area contributed by atoms with Gasteiger partial charge in [0.25, 0.3) is 0 Å². The van der Waals surface area contributed by atoms with Crippen LogP contribution in [0.25, 0.3) is 0 Å². The number of rotatable bonds is 7. The van der Waals surface area contributed by atoms with Crippen LogP contribution in [0.3, 0.4) is 0 Å². The first-order valence-electron chi connectivity index (χ1n) is 5.70. The number of hydrogen-bond acceptors (Lipinski definition) is 1. The molecule has 0 aromatic heterocycles. The van der Waals surface area contributed by atoms with Crippen LogP contribution in [-0.2, 0) is 4.74 Å². The number of epoxide rings is 1. The Bertz CT molecular complexity index is 151. The minimum Gasteiger partial charge on any atom is -0.365 e. The molecule has 1 aliphatic rings. The highest BCUT2D eigenvalue weighted by Crippen LogP contribution is 2.27. The summed E-state index contributed by atoms with van der Waals surface area (Å²) in [6, 6.07) is 0. The first kappa shape index (κ1) is 10.8.